The fourth-order valence-electron chi connectivity index (χ4n) is 3.94. The minimum Gasteiger partial charge on any atom is -0.447 e. The fraction of sp³-hybridized carbons (Fsp3) is 0.450. The average Bonchev–Trinajstić information content (AvgIpc) is 3.08. The molecule has 1 atom stereocenters. The molecular weight excluding hydrogens is 392 g/mol. The van der Waals surface area contributed by atoms with E-state index in [0.717, 1.165) is 11.3 Å². The topological polar surface area (TPSA) is 92.7 Å². The van der Waals surface area contributed by atoms with Crippen molar-refractivity contribution in [1.82, 2.24) is 14.3 Å². The maximum absolute atomic E-state index is 12.4. The first-order chi connectivity index (χ1) is 13.9. The normalized spacial score (nSPS) is 21.3. The molecule has 0 saturated carbocycles. The molecule has 9 heteroatoms. The number of anilines is 1. The van der Waals surface area contributed by atoms with E-state index in [9.17, 15) is 13.2 Å². The van der Waals surface area contributed by atoms with Crippen molar-refractivity contribution in [3.8, 4) is 0 Å². The third-order valence-electron chi connectivity index (χ3n) is 5.50. The Hall–Kier alpha value is -2.52. The highest BCUT2D eigenvalue weighted by Crippen LogP contribution is 2.30. The van der Waals surface area contributed by atoms with Crippen LogP contribution in [-0.2, 0) is 21.2 Å². The zero-order valence-corrected chi connectivity index (χ0v) is 17.1. The summed E-state index contributed by atoms with van der Waals surface area (Å²) in [4.78, 5) is 23.0. The molecule has 8 nitrogen and oxygen atoms in total. The first-order valence-corrected chi connectivity index (χ1v) is 11.5. The van der Waals surface area contributed by atoms with Gasteiger partial charge in [0.15, 0.2) is 5.82 Å². The molecule has 2 aliphatic heterocycles. The number of carbonyl (C=O) groups excluding carboxylic acids is 1. The van der Waals surface area contributed by atoms with Crippen molar-refractivity contribution >= 4 is 21.9 Å². The van der Waals surface area contributed by atoms with Crippen LogP contribution < -0.4 is 4.90 Å². The number of amides is 1. The van der Waals surface area contributed by atoms with Crippen LogP contribution in [-0.4, -0.2) is 60.8 Å². The molecule has 2 aromatic rings. The monoisotopic (exact) mass is 416 g/mol. The maximum atomic E-state index is 12.4. The van der Waals surface area contributed by atoms with Crippen LogP contribution in [0.3, 0.4) is 0 Å². The second-order valence-electron chi connectivity index (χ2n) is 7.53. The number of nitrogens with zero attached hydrogens (tertiary/aromatic N) is 4. The highest BCUT2D eigenvalue weighted by atomic mass is 32.2. The Morgan fingerprint density at radius 3 is 2.55 bits per heavy atom. The smallest absolute Gasteiger partial charge is 0.415 e. The summed E-state index contributed by atoms with van der Waals surface area (Å²) in [5.41, 5.74) is 1.91. The highest BCUT2D eigenvalue weighted by Gasteiger charge is 2.36. The summed E-state index contributed by atoms with van der Waals surface area (Å²) >= 11 is 0. The third-order valence-corrected chi connectivity index (χ3v) is 6.81. The van der Waals surface area contributed by atoms with Gasteiger partial charge in [0.25, 0.3) is 0 Å². The molecule has 0 aliphatic carbocycles. The van der Waals surface area contributed by atoms with Crippen LogP contribution in [0.4, 0.5) is 10.6 Å². The van der Waals surface area contributed by atoms with Crippen LogP contribution in [0.5, 0.6) is 0 Å². The molecule has 1 amide bonds. The Morgan fingerprint density at radius 1 is 1.14 bits per heavy atom. The molecular formula is C20H24N4O4S. The largest absolute Gasteiger partial charge is 0.447 e. The van der Waals surface area contributed by atoms with E-state index in [1.165, 1.54) is 10.6 Å². The zero-order chi connectivity index (χ0) is 20.4. The van der Waals surface area contributed by atoms with Gasteiger partial charge >= 0.3 is 6.09 Å². The van der Waals surface area contributed by atoms with Gasteiger partial charge in [0.2, 0.25) is 10.0 Å². The fourth-order valence-corrected chi connectivity index (χ4v) is 4.82. The van der Waals surface area contributed by atoms with Crippen molar-refractivity contribution in [2.24, 2.45) is 0 Å². The number of piperidine rings is 1. The Balaban J connectivity index is 1.51. The number of ether oxygens (including phenoxy) is 1. The number of benzene rings is 1. The van der Waals surface area contributed by atoms with Gasteiger partial charge in [-0.2, -0.15) is 0 Å². The van der Waals surface area contributed by atoms with E-state index in [1.54, 1.807) is 17.3 Å². The van der Waals surface area contributed by atoms with Crippen molar-refractivity contribution in [2.75, 3.05) is 30.9 Å². The van der Waals surface area contributed by atoms with Crippen LogP contribution in [0.1, 0.15) is 30.0 Å². The standard InChI is InChI=1S/C20H24N4O4S/c1-29(26,27)23-9-7-16(8-10-23)18-12-21-13-19(22-18)24-17(14-28-20(24)25)11-15-5-3-2-4-6-15/h2-6,12-13,16-17H,7-11,14H2,1H3. The highest BCUT2D eigenvalue weighted by molar-refractivity contribution is 7.88. The van der Waals surface area contributed by atoms with E-state index >= 15 is 0 Å². The van der Waals surface area contributed by atoms with Crippen molar-refractivity contribution < 1.29 is 17.9 Å². The lowest BCUT2D eigenvalue weighted by Gasteiger charge is -2.30. The molecule has 154 valence electrons. The quantitative estimate of drug-likeness (QED) is 0.742. The van der Waals surface area contributed by atoms with E-state index in [-0.39, 0.29) is 12.0 Å². The number of cyclic esters (lactones) is 1. The summed E-state index contributed by atoms with van der Waals surface area (Å²) in [6, 6.07) is 9.82. The van der Waals surface area contributed by atoms with Crippen LogP contribution in [0.15, 0.2) is 42.7 Å². The lowest BCUT2D eigenvalue weighted by atomic mass is 9.95. The van der Waals surface area contributed by atoms with Crippen molar-refractivity contribution in [3.05, 3.63) is 54.0 Å². The van der Waals surface area contributed by atoms with Gasteiger partial charge in [0, 0.05) is 25.2 Å². The van der Waals surface area contributed by atoms with Gasteiger partial charge in [-0.05, 0) is 24.8 Å². The van der Waals surface area contributed by atoms with Gasteiger partial charge in [-0.15, -0.1) is 0 Å². The van der Waals surface area contributed by atoms with Crippen LogP contribution in [0.2, 0.25) is 0 Å². The molecule has 1 aromatic carbocycles. The Bertz CT molecular complexity index is 975. The van der Waals surface area contributed by atoms with E-state index in [2.05, 4.69) is 4.98 Å². The minimum absolute atomic E-state index is 0.117. The maximum Gasteiger partial charge on any atom is 0.415 e. The number of hydrogen-bond donors (Lipinski definition) is 0. The average molecular weight is 417 g/mol. The van der Waals surface area contributed by atoms with Crippen molar-refractivity contribution in [2.45, 2.75) is 31.2 Å². The minimum atomic E-state index is -3.17. The van der Waals surface area contributed by atoms with E-state index < -0.39 is 16.1 Å². The van der Waals surface area contributed by atoms with Gasteiger partial charge in [-0.1, -0.05) is 30.3 Å². The van der Waals surface area contributed by atoms with Gasteiger partial charge in [0.05, 0.1) is 24.2 Å². The SMILES string of the molecule is CS(=O)(=O)N1CCC(c2cncc(N3C(=O)OCC3Cc3ccccc3)n2)CC1. The molecule has 2 fully saturated rings. The Morgan fingerprint density at radius 2 is 1.86 bits per heavy atom. The van der Waals surface area contributed by atoms with Crippen LogP contribution >= 0.6 is 0 Å². The summed E-state index contributed by atoms with van der Waals surface area (Å²) in [6.07, 6.45) is 6.15. The first-order valence-electron chi connectivity index (χ1n) is 9.69. The number of carbonyl (C=O) groups is 1. The molecule has 1 unspecified atom stereocenters. The van der Waals surface area contributed by atoms with Crippen LogP contribution in [0.25, 0.3) is 0 Å². The van der Waals surface area contributed by atoms with Gasteiger partial charge in [0.1, 0.15) is 6.61 Å². The van der Waals surface area contributed by atoms with Crippen molar-refractivity contribution in [1.29, 1.82) is 0 Å². The summed E-state index contributed by atoms with van der Waals surface area (Å²) in [5.74, 6) is 0.600. The molecule has 2 saturated heterocycles. The molecule has 0 bridgehead atoms. The summed E-state index contributed by atoms with van der Waals surface area (Å²) < 4.78 is 30.2. The molecule has 29 heavy (non-hydrogen) atoms. The molecule has 0 N–H and O–H groups in total. The number of aromatic nitrogens is 2. The van der Waals surface area contributed by atoms with Crippen LogP contribution in [0, 0.1) is 0 Å². The van der Waals surface area contributed by atoms with Gasteiger partial charge in [-0.3, -0.25) is 9.88 Å². The lowest BCUT2D eigenvalue weighted by Crippen LogP contribution is -2.38. The predicted molar refractivity (Wildman–Crippen MR) is 108 cm³/mol. The summed E-state index contributed by atoms with van der Waals surface area (Å²) in [5, 5.41) is 0. The summed E-state index contributed by atoms with van der Waals surface area (Å²) in [7, 11) is -3.17. The van der Waals surface area contributed by atoms with Crippen molar-refractivity contribution in [3.63, 3.8) is 0 Å². The molecule has 1 aromatic heterocycles. The number of rotatable bonds is 5. The second kappa shape index (κ2) is 8.08. The van der Waals surface area contributed by atoms with E-state index in [1.807, 2.05) is 30.3 Å². The summed E-state index contributed by atoms with van der Waals surface area (Å²) in [6.45, 7) is 1.25. The van der Waals surface area contributed by atoms with E-state index in [4.69, 9.17) is 9.72 Å². The Kier molecular flexibility index (Phi) is 5.51. The van der Waals surface area contributed by atoms with E-state index in [0.29, 0.717) is 44.8 Å². The number of sulfonamides is 1. The molecule has 2 aliphatic rings. The molecule has 0 spiro atoms. The molecule has 4 rings (SSSR count). The number of hydrogen-bond acceptors (Lipinski definition) is 6. The van der Waals surface area contributed by atoms with Gasteiger partial charge < -0.3 is 4.74 Å². The molecule has 0 radical (unpaired) electrons. The zero-order valence-electron chi connectivity index (χ0n) is 16.3. The third kappa shape index (κ3) is 4.40. The Labute approximate surface area is 170 Å². The van der Waals surface area contributed by atoms with Gasteiger partial charge in [-0.25, -0.2) is 22.5 Å². The lowest BCUT2D eigenvalue weighted by molar-refractivity contribution is 0.178. The second-order valence-corrected chi connectivity index (χ2v) is 9.51. The first kappa shape index (κ1) is 19.8. The molecule has 3 heterocycles. The predicted octanol–water partition coefficient (Wildman–Crippen LogP) is 2.18.